The molecule has 0 radical (unpaired) electrons. The molecule has 9 nitrogen and oxygen atoms in total. The lowest BCUT2D eigenvalue weighted by molar-refractivity contribution is 0.416. The number of hydrogen-bond donors (Lipinski definition) is 5. The van der Waals surface area contributed by atoms with Crippen LogP contribution in [0, 0.1) is 12.3 Å². The van der Waals surface area contributed by atoms with Crippen LogP contribution in [0.5, 0.6) is 5.88 Å². The van der Waals surface area contributed by atoms with Crippen molar-refractivity contribution in [2.24, 2.45) is 5.41 Å². The summed E-state index contributed by atoms with van der Waals surface area (Å²) in [7, 11) is 2.00. The Labute approximate surface area is 182 Å². The van der Waals surface area contributed by atoms with Crippen molar-refractivity contribution in [3.05, 3.63) is 23.9 Å². The van der Waals surface area contributed by atoms with Crippen LogP contribution < -0.4 is 20.9 Å². The minimum absolute atomic E-state index is 0.103. The summed E-state index contributed by atoms with van der Waals surface area (Å²) in [6.07, 6.45) is 2.83. The van der Waals surface area contributed by atoms with Gasteiger partial charge in [0.1, 0.15) is 0 Å². The highest BCUT2D eigenvalue weighted by Crippen LogP contribution is 2.31. The molecule has 5 N–H and O–H groups in total. The van der Waals surface area contributed by atoms with E-state index in [4.69, 9.17) is 0 Å². The third-order valence-corrected chi connectivity index (χ3v) is 5.33. The first kappa shape index (κ1) is 21.2. The predicted molar refractivity (Wildman–Crippen MR) is 125 cm³/mol. The minimum atomic E-state index is 0.103. The van der Waals surface area contributed by atoms with E-state index in [1.54, 1.807) is 6.20 Å². The zero-order valence-electron chi connectivity index (χ0n) is 18.9. The molecule has 1 aliphatic rings. The Hall–Kier alpha value is -3.07. The lowest BCUT2D eigenvalue weighted by atomic mass is 9.96. The van der Waals surface area contributed by atoms with Gasteiger partial charge in [0.2, 0.25) is 17.8 Å². The molecule has 9 heteroatoms. The van der Waals surface area contributed by atoms with Gasteiger partial charge in [0, 0.05) is 48.8 Å². The number of benzene rings is 1. The number of aromatic amines is 1. The van der Waals surface area contributed by atoms with Gasteiger partial charge in [0.25, 0.3) is 0 Å². The van der Waals surface area contributed by atoms with Crippen molar-refractivity contribution >= 4 is 34.3 Å². The Morgan fingerprint density at radius 2 is 1.97 bits per heavy atom. The van der Waals surface area contributed by atoms with Crippen molar-refractivity contribution in [2.45, 2.75) is 40.2 Å². The van der Waals surface area contributed by atoms with Crippen molar-refractivity contribution in [1.29, 1.82) is 0 Å². The Balaban J connectivity index is 1.67. The second kappa shape index (κ2) is 8.22. The van der Waals surface area contributed by atoms with Crippen LogP contribution in [0.15, 0.2) is 18.3 Å². The number of anilines is 4. The molecule has 31 heavy (non-hydrogen) atoms. The van der Waals surface area contributed by atoms with E-state index < -0.39 is 0 Å². The van der Waals surface area contributed by atoms with E-state index >= 15 is 0 Å². The second-order valence-electron chi connectivity index (χ2n) is 9.55. The average molecular weight is 425 g/mol. The zero-order valence-corrected chi connectivity index (χ0v) is 18.9. The smallest absolute Gasteiger partial charge is 0.233 e. The predicted octanol–water partition coefficient (Wildman–Crippen LogP) is 3.37. The number of fused-ring (bicyclic) bond motifs is 1. The first-order valence-electron chi connectivity index (χ1n) is 10.7. The summed E-state index contributed by atoms with van der Waals surface area (Å²) in [6.45, 7) is 11.3. The number of nitrogens with one attached hydrogen (secondary N) is 4. The maximum Gasteiger partial charge on any atom is 0.233 e. The van der Waals surface area contributed by atoms with Gasteiger partial charge < -0.3 is 30.9 Å². The highest BCUT2D eigenvalue weighted by molar-refractivity contribution is 5.92. The van der Waals surface area contributed by atoms with Gasteiger partial charge in [-0.3, -0.25) is 0 Å². The van der Waals surface area contributed by atoms with Crippen molar-refractivity contribution in [3.8, 4) is 5.88 Å². The quantitative estimate of drug-likeness (QED) is 0.409. The van der Waals surface area contributed by atoms with Crippen LogP contribution in [0.2, 0.25) is 0 Å². The summed E-state index contributed by atoms with van der Waals surface area (Å²) in [6, 6.07) is 4.23. The maximum absolute atomic E-state index is 10.1. The SMILES string of the molecule is Cc1cc2c[nH]c(O)c2cc1Nc1nc(N[C@@H]2CCNC2)nc(N(C)CC(C)(C)C)n1. The fraction of sp³-hybridized carbons (Fsp3) is 0.500. The van der Waals surface area contributed by atoms with Gasteiger partial charge in [-0.2, -0.15) is 15.0 Å². The number of aromatic hydroxyl groups is 1. The lowest BCUT2D eigenvalue weighted by Gasteiger charge is -2.27. The number of hydrogen-bond acceptors (Lipinski definition) is 8. The average Bonchev–Trinajstić information content (AvgIpc) is 3.31. The Kier molecular flexibility index (Phi) is 5.62. The van der Waals surface area contributed by atoms with Crippen molar-refractivity contribution in [3.63, 3.8) is 0 Å². The third-order valence-electron chi connectivity index (χ3n) is 5.33. The van der Waals surface area contributed by atoms with Gasteiger partial charge in [-0.05, 0) is 43.0 Å². The molecule has 0 unspecified atom stereocenters. The molecular weight excluding hydrogens is 392 g/mol. The van der Waals surface area contributed by atoms with Crippen LogP contribution in [-0.2, 0) is 0 Å². The van der Waals surface area contributed by atoms with Gasteiger partial charge in [0.15, 0.2) is 5.88 Å². The molecule has 1 atom stereocenters. The van der Waals surface area contributed by atoms with Crippen molar-refractivity contribution in [2.75, 3.05) is 42.2 Å². The van der Waals surface area contributed by atoms with Crippen LogP contribution in [0.1, 0.15) is 32.8 Å². The summed E-state index contributed by atoms with van der Waals surface area (Å²) in [5.74, 6) is 1.79. The summed E-state index contributed by atoms with van der Waals surface area (Å²) >= 11 is 0. The summed E-state index contributed by atoms with van der Waals surface area (Å²) < 4.78 is 0. The highest BCUT2D eigenvalue weighted by Gasteiger charge is 2.20. The molecule has 0 spiro atoms. The van der Waals surface area contributed by atoms with E-state index in [1.807, 2.05) is 26.1 Å². The number of rotatable bonds is 6. The van der Waals surface area contributed by atoms with E-state index in [9.17, 15) is 5.11 Å². The molecule has 0 aliphatic carbocycles. The molecule has 3 heterocycles. The first-order valence-corrected chi connectivity index (χ1v) is 10.7. The summed E-state index contributed by atoms with van der Waals surface area (Å²) in [5, 5.41) is 21.9. The topological polar surface area (TPSA) is 114 Å². The molecule has 0 saturated carbocycles. The number of aryl methyl sites for hydroxylation is 1. The van der Waals surface area contributed by atoms with Crippen molar-refractivity contribution in [1.82, 2.24) is 25.3 Å². The van der Waals surface area contributed by atoms with Gasteiger partial charge in [-0.15, -0.1) is 0 Å². The van der Waals surface area contributed by atoms with Gasteiger partial charge in [0.05, 0.1) is 0 Å². The molecule has 166 valence electrons. The molecular formula is C22H32N8O. The van der Waals surface area contributed by atoms with E-state index in [0.717, 1.165) is 48.1 Å². The minimum Gasteiger partial charge on any atom is -0.494 e. The Morgan fingerprint density at radius 1 is 1.19 bits per heavy atom. The molecule has 4 rings (SSSR count). The standard InChI is InChI=1S/C22H32N8O/c1-13-8-14-10-24-18(31)16(14)9-17(13)26-20-27-19(25-15-6-7-23-11-15)28-21(29-20)30(5)12-22(2,3)4/h8-10,15,23-24,31H,6-7,11-12H2,1-5H3,(H2,25,26,27,28,29)/t15-/m1/s1. The van der Waals surface area contributed by atoms with E-state index in [0.29, 0.717) is 23.9 Å². The van der Waals surface area contributed by atoms with E-state index in [1.165, 1.54) is 0 Å². The van der Waals surface area contributed by atoms with Gasteiger partial charge >= 0.3 is 0 Å². The van der Waals surface area contributed by atoms with Crippen LogP contribution in [0.3, 0.4) is 0 Å². The summed E-state index contributed by atoms with van der Waals surface area (Å²) in [4.78, 5) is 18.9. The summed E-state index contributed by atoms with van der Waals surface area (Å²) in [5.41, 5.74) is 1.98. The van der Waals surface area contributed by atoms with Crippen LogP contribution in [0.25, 0.3) is 10.8 Å². The molecule has 3 aromatic rings. The number of H-pyrrole nitrogens is 1. The largest absolute Gasteiger partial charge is 0.494 e. The molecule has 1 saturated heterocycles. The third kappa shape index (κ3) is 4.99. The fourth-order valence-corrected chi connectivity index (χ4v) is 3.93. The van der Waals surface area contributed by atoms with Gasteiger partial charge in [-0.1, -0.05) is 20.8 Å². The van der Waals surface area contributed by atoms with Crippen LogP contribution >= 0.6 is 0 Å². The van der Waals surface area contributed by atoms with Crippen LogP contribution in [-0.4, -0.2) is 57.8 Å². The Morgan fingerprint density at radius 3 is 2.68 bits per heavy atom. The second-order valence-corrected chi connectivity index (χ2v) is 9.55. The number of aromatic nitrogens is 4. The molecule has 0 bridgehead atoms. The lowest BCUT2D eigenvalue weighted by Crippen LogP contribution is -2.31. The molecule has 2 aromatic heterocycles. The Bertz CT molecular complexity index is 1070. The van der Waals surface area contributed by atoms with E-state index in [2.05, 4.69) is 61.6 Å². The highest BCUT2D eigenvalue weighted by atomic mass is 16.3. The first-order chi connectivity index (χ1) is 14.7. The van der Waals surface area contributed by atoms with Gasteiger partial charge in [-0.25, -0.2) is 0 Å². The van der Waals surface area contributed by atoms with Crippen molar-refractivity contribution < 1.29 is 5.11 Å². The zero-order chi connectivity index (χ0) is 22.2. The maximum atomic E-state index is 10.1. The molecule has 0 amide bonds. The molecule has 1 aliphatic heterocycles. The number of nitrogens with zero attached hydrogens (tertiary/aromatic N) is 4. The molecule has 1 aromatic carbocycles. The van der Waals surface area contributed by atoms with Crippen LogP contribution in [0.4, 0.5) is 23.5 Å². The normalized spacial score (nSPS) is 16.6. The van der Waals surface area contributed by atoms with E-state index in [-0.39, 0.29) is 11.3 Å². The fourth-order valence-electron chi connectivity index (χ4n) is 3.93. The monoisotopic (exact) mass is 424 g/mol. The molecule has 1 fully saturated rings.